The fourth-order valence-electron chi connectivity index (χ4n) is 10.3. The minimum Gasteiger partial charge on any atom is -0.800 e. The molecule has 94 heavy (non-hydrogen) atoms. The van der Waals surface area contributed by atoms with Gasteiger partial charge in [-0.1, -0.05) is 25.7 Å². The van der Waals surface area contributed by atoms with Crippen LogP contribution in [0.1, 0.15) is 86.0 Å². The van der Waals surface area contributed by atoms with Gasteiger partial charge in [0.05, 0.1) is 85.4 Å². The molecule has 0 aromatic rings. The van der Waals surface area contributed by atoms with Crippen LogP contribution in [-0.2, 0) is 97.3 Å². The van der Waals surface area contributed by atoms with Crippen LogP contribution in [-0.4, -0.2) is 308 Å². The molecule has 0 spiro atoms. The molecule has 18 atom stereocenters. The van der Waals surface area contributed by atoms with Crippen molar-refractivity contribution in [3.8, 4) is 0 Å². The highest BCUT2D eigenvalue weighted by Crippen LogP contribution is 2.46. The molecule has 3 aliphatic heterocycles. The summed E-state index contributed by atoms with van der Waals surface area (Å²) in [5.41, 5.74) is -0.394. The number of aliphatic hydroxyl groups is 9. The third-order valence-corrected chi connectivity index (χ3v) is 18.9. The van der Waals surface area contributed by atoms with E-state index in [1.54, 1.807) is 13.8 Å². The number of carbonyl (C=O) groups is 8. The van der Waals surface area contributed by atoms with Crippen molar-refractivity contribution in [2.75, 3.05) is 98.9 Å². The summed E-state index contributed by atoms with van der Waals surface area (Å²) in [6, 6.07) is -6.22. The van der Waals surface area contributed by atoms with Crippen molar-refractivity contribution in [1.82, 2.24) is 42.5 Å². The van der Waals surface area contributed by atoms with Crippen molar-refractivity contribution < 1.29 is 136 Å². The van der Waals surface area contributed by atoms with Crippen LogP contribution in [0.3, 0.4) is 0 Å². The molecule has 17 N–H and O–H groups in total. The zero-order chi connectivity index (χ0) is 69.7. The normalized spacial score (nSPS) is 30.0. The maximum atomic E-state index is 13.8. The standard InChI is InChI=1S/C56H99N8O28PS/c1-29(2)93(82,94)92-34-8-6-33(7-9-34)51(79)64-36(53(81)59-16-19-85-22-25-88-56-44(62-32(5)70)50(78)47(75)39(28-67)91-56)11-13-41(72)63-35(52(80)58-15-18-84-21-24-87-55-43(61-31(4)69)49(77)46(74)38(27-66)90-55)10-12-40(71)57-14-17-83-20-23-86-54-42(60-30(3)68)48(76)45(73)37(26-65)89-54/h29,33-39,42-50,54-56,65-67,73-78H,6-28H2,1-5H3,(H,57,71)(H,58,80)(H,59,81)(H,60,68)(H,61,69)(H,62,70)(H,63,72)(H,64,79)(H,82,94)/p-1. The van der Waals surface area contributed by atoms with Gasteiger partial charge in [0.1, 0.15) is 85.1 Å². The Morgan fingerprint density at radius 3 is 1.20 bits per heavy atom. The summed E-state index contributed by atoms with van der Waals surface area (Å²) in [4.78, 5) is 117. The fraction of sp³-hybridized carbons (Fsp3) is 0.857. The second-order valence-corrected chi connectivity index (χ2v) is 27.0. The van der Waals surface area contributed by atoms with Gasteiger partial charge in [0.25, 0.3) is 0 Å². The molecule has 4 rings (SSSR count). The van der Waals surface area contributed by atoms with Gasteiger partial charge in [-0.2, -0.15) is 0 Å². The third kappa shape index (κ3) is 27.5. The van der Waals surface area contributed by atoms with Crippen molar-refractivity contribution in [3.63, 3.8) is 0 Å². The molecule has 4 fully saturated rings. The maximum absolute atomic E-state index is 13.8. The number of nitrogens with one attached hydrogen (secondary N) is 8. The zero-order valence-electron chi connectivity index (χ0n) is 53.4. The van der Waals surface area contributed by atoms with Crippen LogP contribution in [0.25, 0.3) is 0 Å². The van der Waals surface area contributed by atoms with Crippen LogP contribution < -0.4 is 47.4 Å². The summed E-state index contributed by atoms with van der Waals surface area (Å²) in [5, 5.41) is 112. The zero-order valence-corrected chi connectivity index (χ0v) is 55.2. The molecule has 542 valence electrons. The van der Waals surface area contributed by atoms with Crippen LogP contribution in [0.15, 0.2) is 0 Å². The average molecular weight is 1390 g/mol. The van der Waals surface area contributed by atoms with E-state index in [4.69, 9.17) is 59.0 Å². The van der Waals surface area contributed by atoms with Gasteiger partial charge in [-0.3, -0.25) is 38.4 Å². The molecule has 36 nitrogen and oxygen atoms in total. The van der Waals surface area contributed by atoms with E-state index in [9.17, 15) is 89.2 Å². The Hall–Kier alpha value is -4.39. The van der Waals surface area contributed by atoms with Gasteiger partial charge >= 0.3 is 0 Å². The second kappa shape index (κ2) is 42.4. The van der Waals surface area contributed by atoms with Gasteiger partial charge in [-0.15, -0.1) is 0 Å². The Kier molecular flexibility index (Phi) is 37.0. The summed E-state index contributed by atoms with van der Waals surface area (Å²) in [5.74, 6) is -5.51. The molecule has 18 unspecified atom stereocenters. The number of hydrogen-bond donors (Lipinski definition) is 17. The number of hydrogen-bond acceptors (Lipinski definition) is 29. The van der Waals surface area contributed by atoms with Gasteiger partial charge in [0.15, 0.2) is 18.9 Å². The highest BCUT2D eigenvalue weighted by Gasteiger charge is 2.48. The molecule has 1 saturated carbocycles. The third-order valence-electron chi connectivity index (χ3n) is 15.5. The smallest absolute Gasteiger partial charge is 0.242 e. The molecule has 1 aliphatic carbocycles. The van der Waals surface area contributed by atoms with Gasteiger partial charge in [0.2, 0.25) is 47.3 Å². The number of amides is 8. The number of carbonyl (C=O) groups excluding carboxylic acids is 8. The first-order valence-corrected chi connectivity index (χ1v) is 34.0. The second-order valence-electron chi connectivity index (χ2n) is 23.2. The van der Waals surface area contributed by atoms with E-state index in [0.717, 1.165) is 0 Å². The lowest BCUT2D eigenvalue weighted by Gasteiger charge is -2.42. The van der Waals surface area contributed by atoms with Crippen LogP contribution in [0, 0.1) is 5.92 Å². The van der Waals surface area contributed by atoms with Crippen molar-refractivity contribution in [2.24, 2.45) is 5.92 Å². The first-order valence-electron chi connectivity index (χ1n) is 31.3. The lowest BCUT2D eigenvalue weighted by molar-refractivity contribution is -0.272. The minimum absolute atomic E-state index is 0.0257. The van der Waals surface area contributed by atoms with E-state index >= 15 is 0 Å². The average Bonchev–Trinajstić information content (AvgIpc) is 0.828. The fourth-order valence-corrected chi connectivity index (χ4v) is 11.5. The molecule has 8 amide bonds. The van der Waals surface area contributed by atoms with E-state index in [2.05, 4.69) is 42.5 Å². The highest BCUT2D eigenvalue weighted by molar-refractivity contribution is 8.09. The maximum Gasteiger partial charge on any atom is 0.242 e. The molecule has 0 bridgehead atoms. The Balaban J connectivity index is 1.37. The number of aliphatic hydroxyl groups excluding tert-OH is 9. The Morgan fingerprint density at radius 2 is 0.851 bits per heavy atom. The van der Waals surface area contributed by atoms with Crippen LogP contribution >= 0.6 is 6.49 Å². The Morgan fingerprint density at radius 1 is 0.500 bits per heavy atom. The van der Waals surface area contributed by atoms with E-state index in [1.807, 2.05) is 0 Å². The van der Waals surface area contributed by atoms with E-state index in [-0.39, 0.29) is 98.4 Å². The number of ether oxygens (including phenoxy) is 9. The van der Waals surface area contributed by atoms with E-state index < -0.39 is 202 Å². The van der Waals surface area contributed by atoms with Crippen molar-refractivity contribution >= 4 is 65.6 Å². The van der Waals surface area contributed by atoms with Crippen LogP contribution in [0.4, 0.5) is 0 Å². The van der Waals surface area contributed by atoms with Crippen molar-refractivity contribution in [3.05, 3.63) is 0 Å². The lowest BCUT2D eigenvalue weighted by Crippen LogP contribution is -2.64. The summed E-state index contributed by atoms with van der Waals surface area (Å²) in [7, 11) is 0. The first kappa shape index (κ1) is 82.0. The van der Waals surface area contributed by atoms with Crippen molar-refractivity contribution in [1.29, 1.82) is 0 Å². The number of rotatable bonds is 41. The lowest BCUT2D eigenvalue weighted by atomic mass is 9.86. The molecule has 3 heterocycles. The van der Waals surface area contributed by atoms with Gasteiger partial charge in [-0.25, -0.2) is 0 Å². The molecule has 0 aromatic heterocycles. The van der Waals surface area contributed by atoms with Crippen molar-refractivity contribution in [2.45, 2.75) is 202 Å². The Labute approximate surface area is 549 Å². The predicted molar refractivity (Wildman–Crippen MR) is 324 cm³/mol. The largest absolute Gasteiger partial charge is 0.800 e. The topological polar surface area (TPSA) is 530 Å². The molecule has 0 radical (unpaired) electrons. The summed E-state index contributed by atoms with van der Waals surface area (Å²) in [6.45, 7) is 0.395. The van der Waals surface area contributed by atoms with Gasteiger partial charge in [-0.05, 0) is 50.7 Å². The summed E-state index contributed by atoms with van der Waals surface area (Å²) < 4.78 is 56.0. The summed E-state index contributed by atoms with van der Waals surface area (Å²) >= 11 is 5.21. The monoisotopic (exact) mass is 1390 g/mol. The van der Waals surface area contributed by atoms with Crippen LogP contribution in [0.2, 0.25) is 0 Å². The quantitative estimate of drug-likeness (QED) is 0.0200. The Bertz CT molecular complexity index is 2410. The van der Waals surface area contributed by atoms with Gasteiger partial charge in [0, 0.05) is 59.2 Å². The van der Waals surface area contributed by atoms with E-state index in [0.29, 0.717) is 25.7 Å². The van der Waals surface area contributed by atoms with E-state index in [1.165, 1.54) is 20.8 Å². The molecule has 4 aliphatic rings. The van der Waals surface area contributed by atoms with Crippen LogP contribution in [0.5, 0.6) is 0 Å². The molecule has 3 saturated heterocycles. The minimum atomic E-state index is -3.33. The molecule has 0 aromatic carbocycles. The molecule has 38 heteroatoms. The molecular weight excluding hydrogens is 1300 g/mol. The predicted octanol–water partition coefficient (Wildman–Crippen LogP) is -8.55. The SMILES string of the molecule is CC(=O)NC1C(OCCOCCNC(=O)CCC(NC(=O)CCC(NC(=O)C2CCC(OP([O-])(=S)C(C)C)CC2)C(=O)NCCOCCOC2OC(CO)C(O)C(O)C2NC(C)=O)C(=O)NCCOCCOC2OC(CO)C(O)C(O)C2NC(C)=O)OC(CO)C(O)C1O. The first-order chi connectivity index (χ1) is 44.6. The highest BCUT2D eigenvalue weighted by atomic mass is 32.5. The summed E-state index contributed by atoms with van der Waals surface area (Å²) in [6.07, 6.45) is -17.0. The molecular formula is C56H98N8O28PS-. The van der Waals surface area contributed by atoms with Gasteiger partial charge < -0.3 is 141 Å².